The Morgan fingerprint density at radius 2 is 1.94 bits per heavy atom. The molecule has 2 aromatic carbocycles. The number of aromatic nitrogens is 2. The van der Waals surface area contributed by atoms with Crippen LogP contribution < -0.4 is 25.4 Å². The zero-order valence-electron chi connectivity index (χ0n) is 18.2. The van der Waals surface area contributed by atoms with E-state index < -0.39 is 0 Å². The highest BCUT2D eigenvalue weighted by Gasteiger charge is 2.18. The molecule has 0 radical (unpaired) electrons. The van der Waals surface area contributed by atoms with E-state index in [0.717, 1.165) is 38.2 Å². The number of methoxy groups -OCH3 is 1. The Labute approximate surface area is 197 Å². The van der Waals surface area contributed by atoms with Crippen molar-refractivity contribution in [2.75, 3.05) is 55.8 Å². The molecular weight excluding hydrogens is 444 g/mol. The highest BCUT2D eigenvalue weighted by Crippen LogP contribution is 2.34. The highest BCUT2D eigenvalue weighted by molar-refractivity contribution is 6.31. The van der Waals surface area contributed by atoms with Gasteiger partial charge < -0.3 is 30.2 Å². The fourth-order valence-corrected chi connectivity index (χ4v) is 3.68. The van der Waals surface area contributed by atoms with Crippen LogP contribution in [0.2, 0.25) is 5.02 Å². The van der Waals surface area contributed by atoms with E-state index in [1.165, 1.54) is 6.20 Å². The molecule has 1 fully saturated rings. The summed E-state index contributed by atoms with van der Waals surface area (Å²) in [6.07, 6.45) is 2.41. The van der Waals surface area contributed by atoms with Gasteiger partial charge in [0.2, 0.25) is 11.8 Å². The van der Waals surface area contributed by atoms with Crippen LogP contribution in [0.4, 0.5) is 23.0 Å². The molecule has 1 saturated heterocycles. The number of nitrogens with zero attached hydrogens (tertiary/aromatic N) is 4. The van der Waals surface area contributed by atoms with Gasteiger partial charge in [-0.05, 0) is 24.3 Å². The fourth-order valence-electron chi connectivity index (χ4n) is 3.56. The van der Waals surface area contributed by atoms with Crippen molar-refractivity contribution in [2.24, 2.45) is 0 Å². The molecule has 4 rings (SSSR count). The summed E-state index contributed by atoms with van der Waals surface area (Å²) < 4.78 is 11.4. The van der Waals surface area contributed by atoms with Gasteiger partial charge in [0.05, 0.1) is 31.2 Å². The molecule has 33 heavy (non-hydrogen) atoms. The number of nitrogens with one attached hydrogen (secondary N) is 1. The Balaban J connectivity index is 1.50. The second-order valence-electron chi connectivity index (χ2n) is 7.45. The van der Waals surface area contributed by atoms with Crippen molar-refractivity contribution in [3.8, 4) is 17.4 Å². The van der Waals surface area contributed by atoms with Gasteiger partial charge in [0, 0.05) is 37.9 Å². The van der Waals surface area contributed by atoms with Gasteiger partial charge in [-0.15, -0.1) is 0 Å². The maximum Gasteiger partial charge on any atom is 0.243 e. The van der Waals surface area contributed by atoms with Crippen LogP contribution >= 0.6 is 11.6 Å². The highest BCUT2D eigenvalue weighted by atomic mass is 35.5. The van der Waals surface area contributed by atoms with E-state index in [9.17, 15) is 4.79 Å². The summed E-state index contributed by atoms with van der Waals surface area (Å²) in [6, 6.07) is 13.0. The van der Waals surface area contributed by atoms with Gasteiger partial charge in [-0.25, -0.2) is 4.98 Å². The minimum absolute atomic E-state index is 0.191. The molecule has 0 amide bonds. The Morgan fingerprint density at radius 1 is 1.15 bits per heavy atom. The summed E-state index contributed by atoms with van der Waals surface area (Å²) in [5.41, 5.74) is 8.18. The Hall–Kier alpha value is -3.56. The Bertz CT molecular complexity index is 1120. The van der Waals surface area contributed by atoms with Crippen LogP contribution in [0.15, 0.2) is 48.7 Å². The number of ether oxygens (including phenoxy) is 2. The molecule has 0 aliphatic carbocycles. The summed E-state index contributed by atoms with van der Waals surface area (Å²) in [4.78, 5) is 23.8. The summed E-state index contributed by atoms with van der Waals surface area (Å²) in [6.45, 7) is 3.84. The average Bonchev–Trinajstić information content (AvgIpc) is 2.83. The van der Waals surface area contributed by atoms with Gasteiger partial charge in [0.25, 0.3) is 0 Å². The number of rotatable bonds is 8. The molecule has 9 nitrogen and oxygen atoms in total. The minimum atomic E-state index is 0.191. The molecular formula is C23H25ClN6O3. The second kappa shape index (κ2) is 10.4. The van der Waals surface area contributed by atoms with Crippen molar-refractivity contribution in [2.45, 2.75) is 0 Å². The number of hydrogen-bond donors (Lipinski definition) is 2. The Morgan fingerprint density at radius 3 is 2.67 bits per heavy atom. The van der Waals surface area contributed by atoms with E-state index in [-0.39, 0.29) is 10.9 Å². The number of nitrogens with two attached hydrogens (primary N) is 1. The first-order valence-corrected chi connectivity index (χ1v) is 10.9. The minimum Gasteiger partial charge on any atom is -0.494 e. The lowest BCUT2D eigenvalue weighted by Crippen LogP contribution is -2.46. The number of anilines is 4. The first-order valence-electron chi connectivity index (χ1n) is 10.5. The quantitative estimate of drug-likeness (QED) is 0.379. The van der Waals surface area contributed by atoms with Gasteiger partial charge in [0.15, 0.2) is 5.75 Å². The van der Waals surface area contributed by atoms with Gasteiger partial charge >= 0.3 is 0 Å². The van der Waals surface area contributed by atoms with E-state index in [4.69, 9.17) is 26.8 Å². The Kier molecular flexibility index (Phi) is 7.11. The number of aldehydes is 1. The lowest BCUT2D eigenvalue weighted by molar-refractivity contribution is -0.108. The number of nitrogen functional groups attached to an aromatic ring is 1. The third-order valence-corrected chi connectivity index (χ3v) is 5.60. The summed E-state index contributed by atoms with van der Waals surface area (Å²) >= 11 is 6.23. The van der Waals surface area contributed by atoms with Crippen LogP contribution in [-0.4, -0.2) is 61.0 Å². The molecule has 0 saturated carbocycles. The molecule has 172 valence electrons. The number of carbonyl (C=O) groups is 1. The number of benzene rings is 2. The molecule has 0 unspecified atom stereocenters. The number of hydrogen-bond acceptors (Lipinski definition) is 9. The van der Waals surface area contributed by atoms with E-state index in [1.807, 2.05) is 30.3 Å². The smallest absolute Gasteiger partial charge is 0.243 e. The topological polar surface area (TPSA) is 106 Å². The van der Waals surface area contributed by atoms with E-state index in [1.54, 1.807) is 19.2 Å². The molecule has 3 N–H and O–H groups in total. The molecule has 0 atom stereocenters. The number of piperazine rings is 1. The maximum absolute atomic E-state index is 10.7. The van der Waals surface area contributed by atoms with Crippen molar-refractivity contribution < 1.29 is 14.3 Å². The molecule has 1 aromatic heterocycles. The SMILES string of the molecule is COc1cc(N2CCN(CC=O)CC2)ccc1Nc1ncc(Cl)c(Oc2ccccc2N)n1. The average molecular weight is 469 g/mol. The molecule has 0 spiro atoms. The van der Waals surface area contributed by atoms with Crippen molar-refractivity contribution in [3.63, 3.8) is 0 Å². The standard InChI is InChI=1S/C23H25ClN6O3/c1-32-21-14-16(30-10-8-29(9-11-30)12-13-31)6-7-19(21)27-23-26-15-17(24)22(28-23)33-20-5-3-2-4-18(20)25/h2-7,13-15H,8-12,25H2,1H3,(H,26,27,28). The predicted octanol–water partition coefficient (Wildman–Crippen LogP) is 3.58. The van der Waals surface area contributed by atoms with Gasteiger partial charge in [0.1, 0.15) is 17.1 Å². The zero-order chi connectivity index (χ0) is 23.2. The largest absolute Gasteiger partial charge is 0.494 e. The van der Waals surface area contributed by atoms with Crippen LogP contribution in [-0.2, 0) is 4.79 Å². The van der Waals surface area contributed by atoms with Gasteiger partial charge in [-0.2, -0.15) is 4.98 Å². The molecule has 1 aliphatic rings. The second-order valence-corrected chi connectivity index (χ2v) is 7.86. The molecule has 0 bridgehead atoms. The van der Waals surface area contributed by atoms with Crippen molar-refractivity contribution >= 4 is 40.9 Å². The van der Waals surface area contributed by atoms with Crippen molar-refractivity contribution in [1.82, 2.24) is 14.9 Å². The number of halogens is 1. The van der Waals surface area contributed by atoms with E-state index in [0.29, 0.717) is 35.4 Å². The van der Waals surface area contributed by atoms with Gasteiger partial charge in [-0.1, -0.05) is 23.7 Å². The van der Waals surface area contributed by atoms with Crippen LogP contribution in [0.25, 0.3) is 0 Å². The molecule has 10 heteroatoms. The lowest BCUT2D eigenvalue weighted by Gasteiger charge is -2.35. The lowest BCUT2D eigenvalue weighted by atomic mass is 10.2. The van der Waals surface area contributed by atoms with Crippen LogP contribution in [0.3, 0.4) is 0 Å². The first kappa shape index (κ1) is 22.6. The third-order valence-electron chi connectivity index (χ3n) is 5.34. The maximum atomic E-state index is 10.7. The third kappa shape index (κ3) is 5.44. The monoisotopic (exact) mass is 468 g/mol. The summed E-state index contributed by atoms with van der Waals surface area (Å²) in [7, 11) is 1.61. The van der Waals surface area contributed by atoms with Gasteiger partial charge in [-0.3, -0.25) is 4.90 Å². The van der Waals surface area contributed by atoms with E-state index >= 15 is 0 Å². The molecule has 1 aliphatic heterocycles. The van der Waals surface area contributed by atoms with E-state index in [2.05, 4.69) is 25.1 Å². The normalized spacial score (nSPS) is 14.1. The zero-order valence-corrected chi connectivity index (χ0v) is 19.0. The molecule has 3 aromatic rings. The van der Waals surface area contributed by atoms with Crippen LogP contribution in [0, 0.1) is 0 Å². The first-order chi connectivity index (χ1) is 16.1. The fraction of sp³-hybridized carbons (Fsp3) is 0.261. The summed E-state index contributed by atoms with van der Waals surface area (Å²) in [5.74, 6) is 1.60. The predicted molar refractivity (Wildman–Crippen MR) is 129 cm³/mol. The van der Waals surface area contributed by atoms with Crippen LogP contribution in [0.5, 0.6) is 17.4 Å². The molecule has 2 heterocycles. The van der Waals surface area contributed by atoms with Crippen molar-refractivity contribution in [3.05, 3.63) is 53.7 Å². The number of carbonyl (C=O) groups excluding carboxylic acids is 1. The summed E-state index contributed by atoms with van der Waals surface area (Å²) in [5, 5.41) is 3.43. The van der Waals surface area contributed by atoms with Crippen LogP contribution in [0.1, 0.15) is 0 Å². The number of para-hydroxylation sites is 2. The van der Waals surface area contributed by atoms with Crippen molar-refractivity contribution in [1.29, 1.82) is 0 Å².